The molecule has 1 saturated heterocycles. The van der Waals surface area contributed by atoms with E-state index in [1.807, 2.05) is 0 Å². The molecule has 0 saturated carbocycles. The number of β-amino-alcohol motifs (C(OH)–C–C–N with tert-alkyl or cyclic N) is 1. The smallest absolute Gasteiger partial charge is 0.371 e. The van der Waals surface area contributed by atoms with E-state index in [2.05, 4.69) is 10.2 Å². The van der Waals surface area contributed by atoms with Crippen molar-refractivity contribution in [2.24, 2.45) is 0 Å². The number of carboxylic acids is 1. The summed E-state index contributed by atoms with van der Waals surface area (Å²) in [5.41, 5.74) is 0. The molecule has 116 valence electrons. The lowest BCUT2D eigenvalue weighted by Gasteiger charge is -2.34. The Morgan fingerprint density at radius 2 is 1.95 bits per heavy atom. The number of carbonyl (C=O) groups excluding carboxylic acids is 1. The van der Waals surface area contributed by atoms with E-state index in [1.54, 1.807) is 4.90 Å². The summed E-state index contributed by atoms with van der Waals surface area (Å²) in [6, 6.07) is 2.69. The Morgan fingerprint density at radius 3 is 2.52 bits per heavy atom. The summed E-state index contributed by atoms with van der Waals surface area (Å²) in [5, 5.41) is 20.3. The Labute approximate surface area is 121 Å². The second-order valence-corrected chi connectivity index (χ2v) is 4.78. The van der Waals surface area contributed by atoms with Crippen molar-refractivity contribution in [1.82, 2.24) is 15.1 Å². The van der Waals surface area contributed by atoms with Gasteiger partial charge >= 0.3 is 12.0 Å². The third-order valence-electron chi connectivity index (χ3n) is 3.36. The van der Waals surface area contributed by atoms with Crippen LogP contribution in [0, 0.1) is 0 Å². The van der Waals surface area contributed by atoms with Crippen LogP contribution in [0.25, 0.3) is 0 Å². The summed E-state index contributed by atoms with van der Waals surface area (Å²) in [5.74, 6) is -0.871. The van der Waals surface area contributed by atoms with E-state index >= 15 is 0 Å². The molecule has 2 heterocycles. The van der Waals surface area contributed by atoms with Crippen LogP contribution in [-0.4, -0.2) is 71.3 Å². The number of piperazine rings is 1. The van der Waals surface area contributed by atoms with Crippen LogP contribution in [0.4, 0.5) is 4.79 Å². The van der Waals surface area contributed by atoms with Crippen LogP contribution >= 0.6 is 0 Å². The van der Waals surface area contributed by atoms with E-state index in [0.717, 1.165) is 13.1 Å². The topological polar surface area (TPSA) is 106 Å². The molecule has 0 bridgehead atoms. The number of aromatic carboxylic acids is 1. The standard InChI is InChI=1S/C13H19N3O5/c17-8-7-15-3-5-16(6-4-15)13(20)14-9-10-1-2-11(21-10)12(18)19/h1-2,17H,3-9H2,(H,14,20)(H,18,19). The predicted octanol–water partition coefficient (Wildman–Crippen LogP) is -0.203. The Balaban J connectivity index is 1.75. The molecular weight excluding hydrogens is 278 g/mol. The van der Waals surface area contributed by atoms with Crippen molar-refractivity contribution in [3.8, 4) is 0 Å². The first-order chi connectivity index (χ1) is 10.1. The van der Waals surface area contributed by atoms with E-state index < -0.39 is 5.97 Å². The molecule has 0 spiro atoms. The molecule has 8 heteroatoms. The summed E-state index contributed by atoms with van der Waals surface area (Å²) in [4.78, 5) is 26.4. The van der Waals surface area contributed by atoms with Crippen molar-refractivity contribution in [3.05, 3.63) is 23.7 Å². The quantitative estimate of drug-likeness (QED) is 0.695. The molecule has 21 heavy (non-hydrogen) atoms. The summed E-state index contributed by atoms with van der Waals surface area (Å²) < 4.78 is 5.06. The minimum atomic E-state index is -1.13. The maximum absolute atomic E-state index is 12.0. The number of rotatable bonds is 5. The number of urea groups is 1. The van der Waals surface area contributed by atoms with Crippen LogP contribution in [0.2, 0.25) is 0 Å². The highest BCUT2D eigenvalue weighted by atomic mass is 16.4. The van der Waals surface area contributed by atoms with Crippen LogP contribution in [0.3, 0.4) is 0 Å². The zero-order valence-corrected chi connectivity index (χ0v) is 11.6. The Bertz CT molecular complexity index is 494. The van der Waals surface area contributed by atoms with Gasteiger partial charge in [0.1, 0.15) is 5.76 Å². The molecule has 0 aliphatic carbocycles. The lowest BCUT2D eigenvalue weighted by Crippen LogP contribution is -2.52. The van der Waals surface area contributed by atoms with Gasteiger partial charge in [0.05, 0.1) is 13.2 Å². The molecular formula is C13H19N3O5. The molecule has 0 atom stereocenters. The van der Waals surface area contributed by atoms with Gasteiger partial charge in [-0.1, -0.05) is 0 Å². The fourth-order valence-electron chi connectivity index (χ4n) is 2.18. The largest absolute Gasteiger partial charge is 0.475 e. The first-order valence-electron chi connectivity index (χ1n) is 6.78. The molecule has 2 amide bonds. The third kappa shape index (κ3) is 4.20. The first kappa shape index (κ1) is 15.3. The molecule has 1 aliphatic rings. The first-order valence-corrected chi connectivity index (χ1v) is 6.78. The number of nitrogens with zero attached hydrogens (tertiary/aromatic N) is 2. The van der Waals surface area contributed by atoms with Gasteiger partial charge in [0.15, 0.2) is 0 Å². The maximum Gasteiger partial charge on any atom is 0.371 e. The Hall–Kier alpha value is -2.06. The molecule has 8 nitrogen and oxygen atoms in total. The van der Waals surface area contributed by atoms with Crippen molar-refractivity contribution in [2.45, 2.75) is 6.54 Å². The van der Waals surface area contributed by atoms with E-state index in [1.165, 1.54) is 12.1 Å². The highest BCUT2D eigenvalue weighted by molar-refractivity contribution is 5.84. The van der Waals surface area contributed by atoms with Gasteiger partial charge in [0, 0.05) is 32.7 Å². The number of hydrogen-bond acceptors (Lipinski definition) is 5. The number of aliphatic hydroxyl groups excluding tert-OH is 1. The normalized spacial score (nSPS) is 16.0. The number of aliphatic hydroxyl groups is 1. The average Bonchev–Trinajstić information content (AvgIpc) is 2.95. The maximum atomic E-state index is 12.0. The number of furan rings is 1. The number of carbonyl (C=O) groups is 2. The number of amides is 2. The zero-order chi connectivity index (χ0) is 15.2. The van der Waals surface area contributed by atoms with Gasteiger partial charge < -0.3 is 24.8 Å². The summed E-state index contributed by atoms with van der Waals surface area (Å²) in [7, 11) is 0. The van der Waals surface area contributed by atoms with E-state index in [9.17, 15) is 9.59 Å². The van der Waals surface area contributed by atoms with Gasteiger partial charge in [0.2, 0.25) is 5.76 Å². The Morgan fingerprint density at radius 1 is 1.24 bits per heavy atom. The molecule has 2 rings (SSSR count). The fourth-order valence-corrected chi connectivity index (χ4v) is 2.18. The second-order valence-electron chi connectivity index (χ2n) is 4.78. The van der Waals surface area contributed by atoms with E-state index in [4.69, 9.17) is 14.6 Å². The van der Waals surface area contributed by atoms with Crippen LogP contribution in [0.5, 0.6) is 0 Å². The van der Waals surface area contributed by atoms with Crippen molar-refractivity contribution in [3.63, 3.8) is 0 Å². The highest BCUT2D eigenvalue weighted by Gasteiger charge is 2.20. The SMILES string of the molecule is O=C(O)c1ccc(CNC(=O)N2CCN(CCO)CC2)o1. The van der Waals surface area contributed by atoms with Crippen LogP contribution < -0.4 is 5.32 Å². The van der Waals surface area contributed by atoms with E-state index in [0.29, 0.717) is 25.4 Å². The lowest BCUT2D eigenvalue weighted by molar-refractivity contribution is 0.0660. The van der Waals surface area contributed by atoms with Crippen LogP contribution in [-0.2, 0) is 6.54 Å². The highest BCUT2D eigenvalue weighted by Crippen LogP contribution is 2.08. The third-order valence-corrected chi connectivity index (χ3v) is 3.36. The zero-order valence-electron chi connectivity index (χ0n) is 11.6. The van der Waals surface area contributed by atoms with Gasteiger partial charge in [-0.2, -0.15) is 0 Å². The summed E-state index contributed by atoms with van der Waals surface area (Å²) in [6.07, 6.45) is 0. The summed E-state index contributed by atoms with van der Waals surface area (Å²) >= 11 is 0. The van der Waals surface area contributed by atoms with Crippen molar-refractivity contribution in [1.29, 1.82) is 0 Å². The molecule has 0 aromatic carbocycles. The minimum absolute atomic E-state index is 0.122. The van der Waals surface area contributed by atoms with Crippen molar-refractivity contribution >= 4 is 12.0 Å². The molecule has 1 aromatic rings. The molecule has 3 N–H and O–H groups in total. The van der Waals surface area contributed by atoms with Gasteiger partial charge in [-0.25, -0.2) is 9.59 Å². The van der Waals surface area contributed by atoms with Gasteiger partial charge in [-0.15, -0.1) is 0 Å². The van der Waals surface area contributed by atoms with Crippen molar-refractivity contribution < 1.29 is 24.2 Å². The second kappa shape index (κ2) is 7.09. The van der Waals surface area contributed by atoms with Crippen molar-refractivity contribution in [2.75, 3.05) is 39.3 Å². The molecule has 0 unspecified atom stereocenters. The monoisotopic (exact) mass is 297 g/mol. The Kier molecular flexibility index (Phi) is 5.18. The van der Waals surface area contributed by atoms with Crippen LogP contribution in [0.1, 0.15) is 16.3 Å². The number of hydrogen-bond donors (Lipinski definition) is 3. The molecule has 1 aromatic heterocycles. The summed E-state index contributed by atoms with van der Waals surface area (Å²) in [6.45, 7) is 3.57. The molecule has 1 fully saturated rings. The average molecular weight is 297 g/mol. The minimum Gasteiger partial charge on any atom is -0.475 e. The van der Waals surface area contributed by atoms with Gasteiger partial charge in [0.25, 0.3) is 0 Å². The predicted molar refractivity (Wildman–Crippen MR) is 73.0 cm³/mol. The van der Waals surface area contributed by atoms with Crippen LogP contribution in [0.15, 0.2) is 16.5 Å². The van der Waals surface area contributed by atoms with Gasteiger partial charge in [-0.05, 0) is 12.1 Å². The lowest BCUT2D eigenvalue weighted by atomic mass is 10.3. The van der Waals surface area contributed by atoms with E-state index in [-0.39, 0.29) is 24.9 Å². The fraction of sp³-hybridized carbons (Fsp3) is 0.538. The number of carboxylic acid groups (broad SMARTS) is 1. The number of nitrogens with one attached hydrogen (secondary N) is 1. The van der Waals surface area contributed by atoms with Gasteiger partial charge in [-0.3, -0.25) is 4.90 Å². The molecule has 1 aliphatic heterocycles. The molecule has 0 radical (unpaired) electrons.